The highest BCUT2D eigenvalue weighted by atomic mass is 16.7. The van der Waals surface area contributed by atoms with Gasteiger partial charge in [0, 0.05) is 5.56 Å². The third kappa shape index (κ3) is 5.68. The standard InChI is InChI=1S/C34H38O9/c35-17-26-30(38)32(40)33(41)34(43-26)42-25-12-6-11-22-28(25)31(39)27-23(29(22)37)15-19(16-24(27)36)14-21-10-5-4-9-20(21)13-18-7-2-1-3-8-18/h1-3,6-8,11-12,15-16,20-21,23,26-27,30,32-36,38,40-41H,4-5,9-10,13-14,17H2. The summed E-state index contributed by atoms with van der Waals surface area (Å²) in [5, 5.41) is 51.4. The van der Waals surface area contributed by atoms with E-state index in [1.54, 1.807) is 12.1 Å². The molecule has 4 aliphatic rings. The van der Waals surface area contributed by atoms with Crippen molar-refractivity contribution in [2.45, 2.75) is 69.2 Å². The molecule has 1 saturated carbocycles. The topological polar surface area (TPSA) is 154 Å². The zero-order valence-electron chi connectivity index (χ0n) is 23.8. The molecule has 6 rings (SSSR count). The molecule has 5 N–H and O–H groups in total. The summed E-state index contributed by atoms with van der Waals surface area (Å²) >= 11 is 0. The predicted molar refractivity (Wildman–Crippen MR) is 155 cm³/mol. The lowest BCUT2D eigenvalue weighted by Crippen LogP contribution is -2.60. The molecule has 43 heavy (non-hydrogen) atoms. The van der Waals surface area contributed by atoms with Crippen LogP contribution in [0.5, 0.6) is 5.75 Å². The Bertz CT molecular complexity index is 1410. The molecule has 0 amide bonds. The lowest BCUT2D eigenvalue weighted by molar-refractivity contribution is -0.277. The lowest BCUT2D eigenvalue weighted by atomic mass is 9.68. The van der Waals surface area contributed by atoms with Crippen LogP contribution in [-0.2, 0) is 11.2 Å². The zero-order chi connectivity index (χ0) is 30.2. The van der Waals surface area contributed by atoms with Gasteiger partial charge in [-0.05, 0) is 60.8 Å². The number of hydrogen-bond donors (Lipinski definition) is 5. The summed E-state index contributed by atoms with van der Waals surface area (Å²) in [4.78, 5) is 27.7. The summed E-state index contributed by atoms with van der Waals surface area (Å²) in [5.74, 6) is -2.09. The first-order chi connectivity index (χ1) is 20.8. The van der Waals surface area contributed by atoms with Gasteiger partial charge in [0.15, 0.2) is 11.6 Å². The molecule has 2 aromatic rings. The number of aliphatic hydroxyl groups excluding tert-OH is 5. The Labute approximate surface area is 250 Å². The molecule has 3 aliphatic carbocycles. The van der Waals surface area contributed by atoms with Gasteiger partial charge in [0.25, 0.3) is 0 Å². The van der Waals surface area contributed by atoms with Gasteiger partial charge in [-0.15, -0.1) is 0 Å². The number of carbonyl (C=O) groups is 2. The van der Waals surface area contributed by atoms with E-state index in [4.69, 9.17) is 9.47 Å². The summed E-state index contributed by atoms with van der Waals surface area (Å²) in [6, 6.07) is 15.0. The molecule has 9 unspecified atom stereocenters. The Hall–Kier alpha value is -3.34. The van der Waals surface area contributed by atoms with E-state index in [1.807, 2.05) is 12.1 Å². The van der Waals surface area contributed by atoms with Crippen LogP contribution < -0.4 is 4.74 Å². The van der Waals surface area contributed by atoms with Crippen molar-refractivity contribution >= 4 is 11.6 Å². The Morgan fingerprint density at radius 3 is 2.28 bits per heavy atom. The number of allylic oxidation sites excluding steroid dienone is 4. The van der Waals surface area contributed by atoms with Gasteiger partial charge in [0.05, 0.1) is 24.0 Å². The minimum atomic E-state index is -1.69. The van der Waals surface area contributed by atoms with Crippen molar-refractivity contribution < 1.29 is 44.6 Å². The number of ketones is 2. The molecule has 1 saturated heterocycles. The molecule has 9 nitrogen and oxygen atoms in total. The molecule has 2 aromatic carbocycles. The number of fused-ring (bicyclic) bond motifs is 2. The van der Waals surface area contributed by atoms with Crippen LogP contribution in [0.3, 0.4) is 0 Å². The van der Waals surface area contributed by atoms with Crippen molar-refractivity contribution in [1.29, 1.82) is 0 Å². The Morgan fingerprint density at radius 1 is 0.837 bits per heavy atom. The monoisotopic (exact) mass is 590 g/mol. The van der Waals surface area contributed by atoms with Crippen molar-refractivity contribution in [2.75, 3.05) is 6.61 Å². The fourth-order valence-electron chi connectivity index (χ4n) is 7.25. The molecule has 1 heterocycles. The van der Waals surface area contributed by atoms with Gasteiger partial charge < -0.3 is 35.0 Å². The van der Waals surface area contributed by atoms with Gasteiger partial charge in [0.1, 0.15) is 35.9 Å². The fourth-order valence-corrected chi connectivity index (χ4v) is 7.25. The molecule has 9 atom stereocenters. The van der Waals surface area contributed by atoms with E-state index < -0.39 is 54.9 Å². The number of ether oxygens (including phenoxy) is 2. The third-order valence-electron chi connectivity index (χ3n) is 9.52. The molecule has 9 heteroatoms. The maximum absolute atomic E-state index is 13.8. The predicted octanol–water partition coefficient (Wildman–Crippen LogP) is 3.30. The highest BCUT2D eigenvalue weighted by molar-refractivity contribution is 6.19. The molecule has 0 aromatic heterocycles. The number of carbonyl (C=O) groups excluding carboxylic acids is 2. The van der Waals surface area contributed by atoms with Crippen LogP contribution in [0.2, 0.25) is 0 Å². The van der Waals surface area contributed by atoms with E-state index in [-0.39, 0.29) is 28.4 Å². The second-order valence-electron chi connectivity index (χ2n) is 12.2. The van der Waals surface area contributed by atoms with Crippen LogP contribution in [0.25, 0.3) is 0 Å². The maximum Gasteiger partial charge on any atom is 0.229 e. The van der Waals surface area contributed by atoms with Gasteiger partial charge in [0.2, 0.25) is 6.29 Å². The highest BCUT2D eigenvalue weighted by Crippen LogP contribution is 2.44. The first kappa shape index (κ1) is 29.7. The number of benzene rings is 2. The molecule has 0 radical (unpaired) electrons. The van der Waals surface area contributed by atoms with Crippen molar-refractivity contribution in [2.24, 2.45) is 23.7 Å². The van der Waals surface area contributed by atoms with Crippen LogP contribution >= 0.6 is 0 Å². The molecular weight excluding hydrogens is 552 g/mol. The van der Waals surface area contributed by atoms with E-state index in [0.717, 1.165) is 37.7 Å². The smallest absolute Gasteiger partial charge is 0.229 e. The second kappa shape index (κ2) is 12.3. The zero-order valence-corrected chi connectivity index (χ0v) is 23.8. The number of hydrogen-bond acceptors (Lipinski definition) is 9. The average molecular weight is 591 g/mol. The van der Waals surface area contributed by atoms with E-state index >= 15 is 0 Å². The van der Waals surface area contributed by atoms with Crippen LogP contribution in [0.1, 0.15) is 58.4 Å². The molecule has 228 valence electrons. The van der Waals surface area contributed by atoms with Crippen molar-refractivity contribution in [3.8, 4) is 5.75 Å². The van der Waals surface area contributed by atoms with Gasteiger partial charge >= 0.3 is 0 Å². The third-order valence-corrected chi connectivity index (χ3v) is 9.52. The summed E-state index contributed by atoms with van der Waals surface area (Å²) in [6.07, 6.45) is 2.09. The van der Waals surface area contributed by atoms with E-state index in [0.29, 0.717) is 11.8 Å². The second-order valence-corrected chi connectivity index (χ2v) is 12.2. The molecule has 2 fully saturated rings. The van der Waals surface area contributed by atoms with Crippen molar-refractivity contribution in [1.82, 2.24) is 0 Å². The van der Waals surface area contributed by atoms with E-state index in [1.165, 1.54) is 24.1 Å². The first-order valence-corrected chi connectivity index (χ1v) is 15.1. The summed E-state index contributed by atoms with van der Waals surface area (Å²) in [7, 11) is 0. The minimum Gasteiger partial charge on any atom is -0.511 e. The SMILES string of the molecule is O=C1c2cccc(OC3OC(CO)C(O)C(O)C3O)c2C(=O)C2C(O)=CC(CC3CCCCC3Cc3ccccc3)=CC12. The van der Waals surface area contributed by atoms with E-state index in [2.05, 4.69) is 24.3 Å². The maximum atomic E-state index is 13.8. The number of Topliss-reactive ketones (excluding diaryl/α,β-unsaturated/α-hetero) is 2. The Kier molecular flexibility index (Phi) is 8.53. The molecule has 0 spiro atoms. The Morgan fingerprint density at radius 2 is 1.56 bits per heavy atom. The molecule has 0 bridgehead atoms. The number of aliphatic hydroxyl groups is 5. The van der Waals surface area contributed by atoms with Gasteiger partial charge in [-0.2, -0.15) is 0 Å². The normalized spacial score (nSPS) is 34.1. The largest absolute Gasteiger partial charge is 0.511 e. The highest BCUT2D eigenvalue weighted by Gasteiger charge is 2.48. The lowest BCUT2D eigenvalue weighted by Gasteiger charge is -2.40. The van der Waals surface area contributed by atoms with Gasteiger partial charge in [-0.3, -0.25) is 9.59 Å². The number of rotatable bonds is 7. The van der Waals surface area contributed by atoms with Crippen LogP contribution in [0.15, 0.2) is 72.0 Å². The summed E-state index contributed by atoms with van der Waals surface area (Å²) < 4.78 is 11.2. The van der Waals surface area contributed by atoms with Crippen molar-refractivity contribution in [3.63, 3.8) is 0 Å². The van der Waals surface area contributed by atoms with Crippen molar-refractivity contribution in [3.05, 3.63) is 88.7 Å². The average Bonchev–Trinajstić information content (AvgIpc) is 3.01. The molecular formula is C34H38O9. The first-order valence-electron chi connectivity index (χ1n) is 15.1. The quantitative estimate of drug-likeness (QED) is 0.327. The summed E-state index contributed by atoms with van der Waals surface area (Å²) in [6.45, 7) is -0.639. The fraction of sp³-hybridized carbons (Fsp3) is 0.471. The minimum absolute atomic E-state index is 0.0438. The van der Waals surface area contributed by atoms with Crippen LogP contribution in [0.4, 0.5) is 0 Å². The van der Waals surface area contributed by atoms with Gasteiger partial charge in [-0.25, -0.2) is 0 Å². The summed E-state index contributed by atoms with van der Waals surface area (Å²) in [5.41, 5.74) is 2.26. The van der Waals surface area contributed by atoms with Crippen LogP contribution in [0, 0.1) is 23.7 Å². The van der Waals surface area contributed by atoms with E-state index in [9.17, 15) is 35.1 Å². The van der Waals surface area contributed by atoms with Crippen LogP contribution in [-0.4, -0.2) is 74.4 Å². The van der Waals surface area contributed by atoms with Gasteiger partial charge in [-0.1, -0.05) is 61.4 Å². The molecule has 1 aliphatic heterocycles. The Balaban J connectivity index is 1.24.